The Morgan fingerprint density at radius 1 is 1.27 bits per heavy atom. The molecule has 0 aromatic heterocycles. The van der Waals surface area contributed by atoms with Crippen molar-refractivity contribution in [2.45, 2.75) is 39.0 Å². The summed E-state index contributed by atoms with van der Waals surface area (Å²) in [5.41, 5.74) is 1.41. The third-order valence-corrected chi connectivity index (χ3v) is 2.98. The van der Waals surface area contributed by atoms with E-state index in [1.54, 1.807) is 0 Å². The highest BCUT2D eigenvalue weighted by Gasteiger charge is 2.21. The molecule has 1 unspecified atom stereocenters. The van der Waals surface area contributed by atoms with Gasteiger partial charge in [0.25, 0.3) is 0 Å². The number of benzene rings is 1. The van der Waals surface area contributed by atoms with Crippen LogP contribution in [0.25, 0.3) is 0 Å². The molecule has 0 aliphatic heterocycles. The van der Waals surface area contributed by atoms with Gasteiger partial charge in [-0.2, -0.15) is 0 Å². The van der Waals surface area contributed by atoms with Gasteiger partial charge in [-0.15, -0.1) is 11.6 Å². The Kier molecular flexibility index (Phi) is 4.48. The van der Waals surface area contributed by atoms with Crippen LogP contribution in [0.5, 0.6) is 0 Å². The first kappa shape index (κ1) is 12.9. The molecule has 1 aromatic rings. The Morgan fingerprint density at radius 3 is 2.40 bits per heavy atom. The summed E-state index contributed by atoms with van der Waals surface area (Å²) in [6.07, 6.45) is 1.98. The predicted molar refractivity (Wildman–Crippen MR) is 68.9 cm³/mol. The molecule has 1 rings (SSSR count). The third kappa shape index (κ3) is 4.44. The van der Waals surface area contributed by atoms with Gasteiger partial charge in [-0.1, -0.05) is 43.6 Å². The van der Waals surface area contributed by atoms with E-state index < -0.39 is 0 Å². The smallest absolute Gasteiger partial charge is 0.0438 e. The van der Waals surface area contributed by atoms with Gasteiger partial charge in [-0.05, 0) is 36.8 Å². The van der Waals surface area contributed by atoms with Crippen LogP contribution < -0.4 is 0 Å². The van der Waals surface area contributed by atoms with Crippen LogP contribution in [-0.2, 0) is 6.42 Å². The molecule has 84 valence electrons. The van der Waals surface area contributed by atoms with Crippen molar-refractivity contribution < 1.29 is 0 Å². The van der Waals surface area contributed by atoms with E-state index in [1.807, 2.05) is 25.1 Å². The predicted octanol–water partition coefficient (Wildman–Crippen LogP) is 4.93. The molecule has 0 radical (unpaired) electrons. The zero-order chi connectivity index (χ0) is 11.5. The molecule has 1 atom stereocenters. The summed E-state index contributed by atoms with van der Waals surface area (Å²) in [5.74, 6) is 0. The minimum Gasteiger partial charge on any atom is -0.123 e. The maximum absolute atomic E-state index is 6.13. The minimum atomic E-state index is 0.201. The summed E-state index contributed by atoms with van der Waals surface area (Å²) >= 11 is 12.2. The summed E-state index contributed by atoms with van der Waals surface area (Å²) in [7, 11) is 0. The van der Waals surface area contributed by atoms with Crippen LogP contribution in [0.1, 0.15) is 32.8 Å². The summed E-state index contributed by atoms with van der Waals surface area (Å²) in [5, 5.41) is 1.07. The number of hydrogen-bond acceptors (Lipinski definition) is 0. The second kappa shape index (κ2) is 5.23. The number of alkyl halides is 1. The van der Waals surface area contributed by atoms with Crippen molar-refractivity contribution in [1.82, 2.24) is 0 Å². The first-order valence-electron chi connectivity index (χ1n) is 5.28. The number of rotatable bonds is 4. The fourth-order valence-electron chi connectivity index (χ4n) is 1.99. The molecule has 0 N–H and O–H groups in total. The van der Waals surface area contributed by atoms with Gasteiger partial charge >= 0.3 is 0 Å². The molecule has 0 heterocycles. The lowest BCUT2D eigenvalue weighted by Crippen LogP contribution is -2.19. The third-order valence-electron chi connectivity index (χ3n) is 2.46. The van der Waals surface area contributed by atoms with Crippen molar-refractivity contribution >= 4 is 23.2 Å². The molecule has 2 heteroatoms. The second-order valence-electron chi connectivity index (χ2n) is 4.92. The van der Waals surface area contributed by atoms with E-state index in [9.17, 15) is 0 Å². The lowest BCUT2D eigenvalue weighted by atomic mass is 9.82. The molecule has 0 fully saturated rings. The van der Waals surface area contributed by atoms with E-state index in [0.29, 0.717) is 0 Å². The molecule has 0 aliphatic carbocycles. The van der Waals surface area contributed by atoms with Crippen LogP contribution >= 0.6 is 23.2 Å². The lowest BCUT2D eigenvalue weighted by molar-refractivity contribution is 0.332. The van der Waals surface area contributed by atoms with Crippen molar-refractivity contribution in [2.75, 3.05) is 0 Å². The molecule has 0 amide bonds. The number of halogens is 2. The van der Waals surface area contributed by atoms with E-state index in [4.69, 9.17) is 23.2 Å². The van der Waals surface area contributed by atoms with E-state index in [0.717, 1.165) is 17.9 Å². The van der Waals surface area contributed by atoms with Gasteiger partial charge < -0.3 is 0 Å². The molecule has 0 spiro atoms. The average molecular weight is 245 g/mol. The van der Waals surface area contributed by atoms with E-state index in [2.05, 4.69) is 19.9 Å². The van der Waals surface area contributed by atoms with Crippen LogP contribution in [0, 0.1) is 5.41 Å². The van der Waals surface area contributed by atoms with Crippen molar-refractivity contribution in [3.8, 4) is 0 Å². The Bertz CT molecular complexity index is 316. The van der Waals surface area contributed by atoms with Crippen molar-refractivity contribution in [3.63, 3.8) is 0 Å². The van der Waals surface area contributed by atoms with Crippen LogP contribution in [0.4, 0.5) is 0 Å². The zero-order valence-electron chi connectivity index (χ0n) is 9.56. The van der Waals surface area contributed by atoms with Crippen LogP contribution in [0.3, 0.4) is 0 Å². The van der Waals surface area contributed by atoms with Crippen molar-refractivity contribution in [2.24, 2.45) is 5.41 Å². The molecule has 0 bridgehead atoms. The number of hydrogen-bond donors (Lipinski definition) is 0. The minimum absolute atomic E-state index is 0.201. The Labute approximate surface area is 103 Å². The van der Waals surface area contributed by atoms with Gasteiger partial charge in [-0.3, -0.25) is 0 Å². The Morgan fingerprint density at radius 2 is 1.87 bits per heavy atom. The van der Waals surface area contributed by atoms with E-state index in [-0.39, 0.29) is 10.8 Å². The SMILES string of the molecule is CC(Cl)CC(C)(C)Cc1ccccc1Cl. The zero-order valence-corrected chi connectivity index (χ0v) is 11.1. The summed E-state index contributed by atoms with van der Waals surface area (Å²) in [4.78, 5) is 0. The fraction of sp³-hybridized carbons (Fsp3) is 0.538. The van der Waals surface area contributed by atoms with E-state index >= 15 is 0 Å². The molecule has 15 heavy (non-hydrogen) atoms. The molecule has 1 aromatic carbocycles. The lowest BCUT2D eigenvalue weighted by Gasteiger charge is -2.26. The van der Waals surface area contributed by atoms with Gasteiger partial charge in [-0.25, -0.2) is 0 Å². The molecule has 0 nitrogen and oxygen atoms in total. The maximum Gasteiger partial charge on any atom is 0.0438 e. The highest BCUT2D eigenvalue weighted by atomic mass is 35.5. The molecule has 0 aliphatic rings. The largest absolute Gasteiger partial charge is 0.123 e. The molecule has 0 saturated heterocycles. The molecular formula is C13H18Cl2. The standard InChI is InChI=1S/C13H18Cl2/c1-10(14)8-13(2,3)9-11-6-4-5-7-12(11)15/h4-7,10H,8-9H2,1-3H3. The average Bonchev–Trinajstić information content (AvgIpc) is 2.06. The topological polar surface area (TPSA) is 0 Å². The van der Waals surface area contributed by atoms with Crippen LogP contribution in [-0.4, -0.2) is 5.38 Å². The van der Waals surface area contributed by atoms with Crippen molar-refractivity contribution in [3.05, 3.63) is 34.9 Å². The monoisotopic (exact) mass is 244 g/mol. The second-order valence-corrected chi connectivity index (χ2v) is 6.07. The summed E-state index contributed by atoms with van der Waals surface area (Å²) in [6, 6.07) is 8.02. The summed E-state index contributed by atoms with van der Waals surface area (Å²) < 4.78 is 0. The normalized spacial score (nSPS) is 13.9. The van der Waals surface area contributed by atoms with Gasteiger partial charge in [0.2, 0.25) is 0 Å². The van der Waals surface area contributed by atoms with Gasteiger partial charge in [0, 0.05) is 10.4 Å². The fourth-order valence-corrected chi connectivity index (χ4v) is 2.61. The first-order valence-corrected chi connectivity index (χ1v) is 6.10. The molecular weight excluding hydrogens is 227 g/mol. The van der Waals surface area contributed by atoms with Crippen molar-refractivity contribution in [1.29, 1.82) is 0 Å². The Hall–Kier alpha value is -0.200. The van der Waals surface area contributed by atoms with Gasteiger partial charge in [0.1, 0.15) is 0 Å². The highest BCUT2D eigenvalue weighted by molar-refractivity contribution is 6.31. The molecule has 0 saturated carbocycles. The van der Waals surface area contributed by atoms with Gasteiger partial charge in [0.05, 0.1) is 0 Å². The highest BCUT2D eigenvalue weighted by Crippen LogP contribution is 2.31. The quantitative estimate of drug-likeness (QED) is 0.660. The van der Waals surface area contributed by atoms with Gasteiger partial charge in [0.15, 0.2) is 0 Å². The van der Waals surface area contributed by atoms with Crippen LogP contribution in [0.15, 0.2) is 24.3 Å². The first-order chi connectivity index (χ1) is 6.91. The van der Waals surface area contributed by atoms with Crippen LogP contribution in [0.2, 0.25) is 5.02 Å². The Balaban J connectivity index is 2.73. The van der Waals surface area contributed by atoms with E-state index in [1.165, 1.54) is 5.56 Å². The maximum atomic E-state index is 6.13. The summed E-state index contributed by atoms with van der Waals surface area (Å²) in [6.45, 7) is 6.50.